The Morgan fingerprint density at radius 3 is 2.77 bits per heavy atom. The number of carbonyl (C=O) groups is 1. The topological polar surface area (TPSA) is 46.5 Å². The van der Waals surface area contributed by atoms with Crippen molar-refractivity contribution in [1.29, 1.82) is 0 Å². The Balaban J connectivity index is 1.22. The number of amides is 1. The zero-order chi connectivity index (χ0) is 20.5. The third kappa shape index (κ3) is 3.70. The Morgan fingerprint density at radius 2 is 1.93 bits per heavy atom. The van der Waals surface area contributed by atoms with Gasteiger partial charge < -0.3 is 19.5 Å². The van der Waals surface area contributed by atoms with Crippen LogP contribution < -0.4 is 10.1 Å². The third-order valence-corrected chi connectivity index (χ3v) is 6.68. The number of fused-ring (bicyclic) bond motifs is 2. The Kier molecular flexibility index (Phi) is 5.21. The van der Waals surface area contributed by atoms with E-state index in [4.69, 9.17) is 4.74 Å². The first-order valence-corrected chi connectivity index (χ1v) is 11.0. The second-order valence-electron chi connectivity index (χ2n) is 8.47. The van der Waals surface area contributed by atoms with E-state index in [0.29, 0.717) is 12.5 Å². The number of anilines is 1. The van der Waals surface area contributed by atoms with Crippen LogP contribution in [-0.2, 0) is 17.6 Å². The van der Waals surface area contributed by atoms with Gasteiger partial charge in [-0.3, -0.25) is 4.79 Å². The van der Waals surface area contributed by atoms with Gasteiger partial charge in [-0.25, -0.2) is 0 Å². The molecule has 5 rings (SSSR count). The van der Waals surface area contributed by atoms with Crippen molar-refractivity contribution in [3.63, 3.8) is 0 Å². The van der Waals surface area contributed by atoms with Crippen molar-refractivity contribution in [2.75, 3.05) is 32.1 Å². The number of para-hydroxylation sites is 1. The molecule has 0 spiro atoms. The van der Waals surface area contributed by atoms with Gasteiger partial charge in [-0.2, -0.15) is 0 Å². The van der Waals surface area contributed by atoms with E-state index in [1.54, 1.807) is 7.11 Å². The molecule has 156 valence electrons. The molecule has 0 unspecified atom stereocenters. The zero-order valence-corrected chi connectivity index (χ0v) is 17.6. The molecule has 1 saturated heterocycles. The minimum Gasteiger partial charge on any atom is -0.496 e. The summed E-state index contributed by atoms with van der Waals surface area (Å²) in [7, 11) is 1.74. The lowest BCUT2D eigenvalue weighted by molar-refractivity contribution is -0.116. The highest BCUT2D eigenvalue weighted by Crippen LogP contribution is 2.32. The molecule has 1 aromatic heterocycles. The number of likely N-dealkylation sites (tertiary alicyclic amines) is 1. The Hall–Kier alpha value is -2.79. The summed E-state index contributed by atoms with van der Waals surface area (Å²) in [6, 6.07) is 15.7. The maximum Gasteiger partial charge on any atom is 0.224 e. The standard InChI is InChI=1S/C25H29N3O2/c1-30-24-17-19-6-7-25(29)26-22(19)16-20(24)8-12-27-13-10-21(11-14-27)28-15-9-18-4-2-3-5-23(18)28/h2-5,9,15-17,21H,6-8,10-14H2,1H3,(H,26,29). The number of nitrogens with zero attached hydrogens (tertiary/aromatic N) is 2. The van der Waals surface area contributed by atoms with E-state index in [1.807, 2.05) is 0 Å². The van der Waals surface area contributed by atoms with Crippen molar-refractivity contribution >= 4 is 22.5 Å². The predicted octanol–water partition coefficient (Wildman–Crippen LogP) is 4.41. The SMILES string of the molecule is COc1cc2c(cc1CCN1CCC(n3ccc4ccccc43)CC1)NC(=O)CC2. The lowest BCUT2D eigenvalue weighted by Gasteiger charge is -2.33. The van der Waals surface area contributed by atoms with Gasteiger partial charge in [0.2, 0.25) is 5.91 Å². The van der Waals surface area contributed by atoms with E-state index in [2.05, 4.69) is 63.4 Å². The van der Waals surface area contributed by atoms with Gasteiger partial charge in [-0.05, 0) is 66.5 Å². The van der Waals surface area contributed by atoms with Crippen LogP contribution in [0.25, 0.3) is 10.9 Å². The first kappa shape index (κ1) is 19.2. The molecular formula is C25H29N3O2. The Morgan fingerprint density at radius 1 is 1.10 bits per heavy atom. The van der Waals surface area contributed by atoms with Crippen LogP contribution in [0.15, 0.2) is 48.7 Å². The molecule has 5 heteroatoms. The molecule has 2 aliphatic heterocycles. The number of benzene rings is 2. The summed E-state index contributed by atoms with van der Waals surface area (Å²) in [5, 5.41) is 4.34. The minimum atomic E-state index is 0.109. The summed E-state index contributed by atoms with van der Waals surface area (Å²) >= 11 is 0. The molecule has 0 bridgehead atoms. The van der Waals surface area contributed by atoms with E-state index in [9.17, 15) is 4.79 Å². The number of nitrogens with one attached hydrogen (secondary N) is 1. The van der Waals surface area contributed by atoms with Crippen molar-refractivity contribution < 1.29 is 9.53 Å². The van der Waals surface area contributed by atoms with Gasteiger partial charge in [0, 0.05) is 49.5 Å². The van der Waals surface area contributed by atoms with E-state index in [1.165, 1.54) is 34.9 Å². The summed E-state index contributed by atoms with van der Waals surface area (Å²) < 4.78 is 8.11. The molecule has 2 aliphatic rings. The summed E-state index contributed by atoms with van der Waals surface area (Å²) in [5.74, 6) is 1.05. The van der Waals surface area contributed by atoms with Crippen LogP contribution in [-0.4, -0.2) is 42.1 Å². The minimum absolute atomic E-state index is 0.109. The molecule has 30 heavy (non-hydrogen) atoms. The molecule has 1 fully saturated rings. The fourth-order valence-electron chi connectivity index (χ4n) is 4.96. The molecule has 1 N–H and O–H groups in total. The van der Waals surface area contributed by atoms with Gasteiger partial charge in [-0.15, -0.1) is 0 Å². The van der Waals surface area contributed by atoms with E-state index < -0.39 is 0 Å². The monoisotopic (exact) mass is 403 g/mol. The fraction of sp³-hybridized carbons (Fsp3) is 0.400. The van der Waals surface area contributed by atoms with Crippen LogP contribution in [0.2, 0.25) is 0 Å². The molecule has 0 aliphatic carbocycles. The quantitative estimate of drug-likeness (QED) is 0.686. The molecule has 5 nitrogen and oxygen atoms in total. The molecule has 0 radical (unpaired) electrons. The van der Waals surface area contributed by atoms with Crippen molar-refractivity contribution in [1.82, 2.24) is 9.47 Å². The smallest absolute Gasteiger partial charge is 0.224 e. The van der Waals surface area contributed by atoms with Crippen molar-refractivity contribution in [2.24, 2.45) is 0 Å². The third-order valence-electron chi connectivity index (χ3n) is 6.68. The maximum atomic E-state index is 11.8. The largest absolute Gasteiger partial charge is 0.496 e. The average molecular weight is 404 g/mol. The predicted molar refractivity (Wildman–Crippen MR) is 120 cm³/mol. The molecule has 0 saturated carbocycles. The van der Waals surface area contributed by atoms with Crippen molar-refractivity contribution in [2.45, 2.75) is 38.1 Å². The first-order chi connectivity index (χ1) is 14.7. The van der Waals surface area contributed by atoms with Crippen LogP contribution >= 0.6 is 0 Å². The van der Waals surface area contributed by atoms with Crippen molar-refractivity contribution in [3.8, 4) is 5.75 Å². The molecule has 2 aromatic carbocycles. The van der Waals surface area contributed by atoms with Crippen molar-refractivity contribution in [3.05, 3.63) is 59.8 Å². The van der Waals surface area contributed by atoms with Crippen LogP contribution in [0.5, 0.6) is 5.75 Å². The average Bonchev–Trinajstić information content (AvgIpc) is 3.21. The second-order valence-corrected chi connectivity index (χ2v) is 8.47. The normalized spacial score (nSPS) is 17.7. The van der Waals surface area contributed by atoms with E-state index in [-0.39, 0.29) is 5.91 Å². The zero-order valence-electron chi connectivity index (χ0n) is 17.6. The number of hydrogen-bond donors (Lipinski definition) is 1. The van der Waals surface area contributed by atoms with Crippen LogP contribution in [0.4, 0.5) is 5.69 Å². The van der Waals surface area contributed by atoms with Gasteiger partial charge in [-0.1, -0.05) is 18.2 Å². The Bertz CT molecular complexity index is 1060. The number of carbonyl (C=O) groups excluding carboxylic acids is 1. The number of rotatable bonds is 5. The molecule has 3 aromatic rings. The van der Waals surface area contributed by atoms with Crippen LogP contribution in [0.1, 0.15) is 36.4 Å². The number of methoxy groups -OCH3 is 1. The number of hydrogen-bond acceptors (Lipinski definition) is 3. The molecule has 1 amide bonds. The van der Waals surface area contributed by atoms with Crippen LogP contribution in [0, 0.1) is 0 Å². The second kappa shape index (κ2) is 8.15. The summed E-state index contributed by atoms with van der Waals surface area (Å²) in [4.78, 5) is 14.3. The fourth-order valence-corrected chi connectivity index (χ4v) is 4.96. The highest BCUT2D eigenvalue weighted by molar-refractivity contribution is 5.94. The molecular weight excluding hydrogens is 374 g/mol. The van der Waals surface area contributed by atoms with Crippen LogP contribution in [0.3, 0.4) is 0 Å². The van der Waals surface area contributed by atoms with Gasteiger partial charge >= 0.3 is 0 Å². The molecule has 3 heterocycles. The lowest BCUT2D eigenvalue weighted by atomic mass is 9.98. The summed E-state index contributed by atoms with van der Waals surface area (Å²) in [6.45, 7) is 3.24. The van der Waals surface area contributed by atoms with Gasteiger partial charge in [0.25, 0.3) is 0 Å². The number of piperidine rings is 1. The van der Waals surface area contributed by atoms with Gasteiger partial charge in [0.1, 0.15) is 5.75 Å². The number of aryl methyl sites for hydroxylation is 1. The first-order valence-electron chi connectivity index (χ1n) is 11.0. The summed E-state index contributed by atoms with van der Waals surface area (Å²) in [6.07, 6.45) is 6.88. The number of aromatic nitrogens is 1. The Labute approximate surface area is 177 Å². The van der Waals surface area contributed by atoms with Gasteiger partial charge in [0.05, 0.1) is 7.11 Å². The number of ether oxygens (including phenoxy) is 1. The lowest BCUT2D eigenvalue weighted by Crippen LogP contribution is -2.35. The van der Waals surface area contributed by atoms with E-state index >= 15 is 0 Å². The van der Waals surface area contributed by atoms with Gasteiger partial charge in [0.15, 0.2) is 0 Å². The molecule has 0 atom stereocenters. The highest BCUT2D eigenvalue weighted by Gasteiger charge is 2.22. The highest BCUT2D eigenvalue weighted by atomic mass is 16.5. The maximum absolute atomic E-state index is 11.8. The summed E-state index contributed by atoms with van der Waals surface area (Å²) in [5.41, 5.74) is 4.66. The van der Waals surface area contributed by atoms with E-state index in [0.717, 1.165) is 43.9 Å².